The van der Waals surface area contributed by atoms with Gasteiger partial charge in [0.15, 0.2) is 0 Å². The van der Waals surface area contributed by atoms with Crippen molar-refractivity contribution >= 4 is 11.0 Å². The zero-order valence-corrected chi connectivity index (χ0v) is 13.7. The molecule has 0 atom stereocenters. The van der Waals surface area contributed by atoms with E-state index in [0.717, 1.165) is 45.7 Å². The van der Waals surface area contributed by atoms with Crippen molar-refractivity contribution in [3.8, 4) is 22.4 Å². The van der Waals surface area contributed by atoms with E-state index in [4.69, 9.17) is 0 Å². The number of fused-ring (bicyclic) bond motifs is 1. The Morgan fingerprint density at radius 2 is 1.96 bits per heavy atom. The van der Waals surface area contributed by atoms with Crippen LogP contribution in [0, 0.1) is 6.92 Å². The van der Waals surface area contributed by atoms with Crippen LogP contribution in [0.2, 0.25) is 0 Å². The zero-order valence-electron chi connectivity index (χ0n) is 13.7. The van der Waals surface area contributed by atoms with Crippen molar-refractivity contribution in [3.05, 3.63) is 66.4 Å². The van der Waals surface area contributed by atoms with Gasteiger partial charge in [-0.15, -0.1) is 0 Å². The highest BCUT2D eigenvalue weighted by atomic mass is 14.9. The van der Waals surface area contributed by atoms with E-state index < -0.39 is 0 Å². The van der Waals surface area contributed by atoms with Gasteiger partial charge in [-0.2, -0.15) is 0 Å². The standard InChI is InChI=1S/C20H18N4/c1-3-14-6-8-22-18(9-14)17-10-16(15-5-4-7-21-12-15)11-19-20(17)24-13(2)23-19/h4-12H,3H2,1-2H3,(H,23,24). The first-order valence-electron chi connectivity index (χ1n) is 8.10. The van der Waals surface area contributed by atoms with Gasteiger partial charge in [-0.3, -0.25) is 9.97 Å². The van der Waals surface area contributed by atoms with Crippen molar-refractivity contribution in [3.63, 3.8) is 0 Å². The Morgan fingerprint density at radius 3 is 2.75 bits per heavy atom. The number of aryl methyl sites for hydroxylation is 2. The molecule has 0 amide bonds. The monoisotopic (exact) mass is 314 g/mol. The van der Waals surface area contributed by atoms with Gasteiger partial charge in [0.1, 0.15) is 5.82 Å². The molecule has 0 radical (unpaired) electrons. The van der Waals surface area contributed by atoms with Crippen LogP contribution in [-0.2, 0) is 6.42 Å². The number of hydrogen-bond donors (Lipinski definition) is 1. The summed E-state index contributed by atoms with van der Waals surface area (Å²) in [6.45, 7) is 4.13. The molecule has 1 aromatic carbocycles. The molecule has 4 aromatic rings. The molecule has 3 heterocycles. The molecule has 0 fully saturated rings. The van der Waals surface area contributed by atoms with E-state index >= 15 is 0 Å². The maximum Gasteiger partial charge on any atom is 0.104 e. The number of nitrogens with zero attached hydrogens (tertiary/aromatic N) is 3. The van der Waals surface area contributed by atoms with Crippen molar-refractivity contribution < 1.29 is 0 Å². The minimum Gasteiger partial charge on any atom is -0.342 e. The summed E-state index contributed by atoms with van der Waals surface area (Å²) >= 11 is 0. The average Bonchev–Trinajstić information content (AvgIpc) is 3.01. The van der Waals surface area contributed by atoms with Gasteiger partial charge < -0.3 is 4.98 Å². The van der Waals surface area contributed by atoms with Crippen LogP contribution in [0.15, 0.2) is 55.0 Å². The average molecular weight is 314 g/mol. The fourth-order valence-electron chi connectivity index (χ4n) is 2.98. The molecule has 0 aliphatic rings. The first kappa shape index (κ1) is 14.6. The first-order chi connectivity index (χ1) is 11.7. The SMILES string of the molecule is CCc1ccnc(-c2cc(-c3cccnc3)cc3[nH]c(C)nc23)c1. The number of aromatic nitrogens is 4. The summed E-state index contributed by atoms with van der Waals surface area (Å²) in [5, 5.41) is 0. The summed E-state index contributed by atoms with van der Waals surface area (Å²) in [6.07, 6.45) is 6.52. The molecule has 3 aromatic heterocycles. The van der Waals surface area contributed by atoms with E-state index in [-0.39, 0.29) is 0 Å². The topological polar surface area (TPSA) is 54.5 Å². The maximum absolute atomic E-state index is 4.67. The van der Waals surface area contributed by atoms with Gasteiger partial charge in [0.05, 0.1) is 16.7 Å². The van der Waals surface area contributed by atoms with Gasteiger partial charge >= 0.3 is 0 Å². The van der Waals surface area contributed by atoms with E-state index in [9.17, 15) is 0 Å². The number of pyridine rings is 2. The molecular weight excluding hydrogens is 296 g/mol. The third-order valence-corrected chi connectivity index (χ3v) is 4.21. The molecule has 4 rings (SSSR count). The third kappa shape index (κ3) is 2.56. The number of imidazole rings is 1. The highest BCUT2D eigenvalue weighted by molar-refractivity contribution is 5.95. The van der Waals surface area contributed by atoms with Crippen LogP contribution in [0.4, 0.5) is 0 Å². The second-order valence-corrected chi connectivity index (χ2v) is 5.89. The zero-order chi connectivity index (χ0) is 16.5. The molecule has 0 aliphatic heterocycles. The molecule has 0 aliphatic carbocycles. The first-order valence-corrected chi connectivity index (χ1v) is 8.10. The lowest BCUT2D eigenvalue weighted by molar-refractivity contribution is 1.12. The lowest BCUT2D eigenvalue weighted by atomic mass is 10.00. The van der Waals surface area contributed by atoms with Crippen molar-refractivity contribution in [2.45, 2.75) is 20.3 Å². The van der Waals surface area contributed by atoms with Gasteiger partial charge in [-0.1, -0.05) is 13.0 Å². The number of aromatic amines is 1. The number of rotatable bonds is 3. The van der Waals surface area contributed by atoms with E-state index in [1.807, 2.05) is 25.4 Å². The minimum absolute atomic E-state index is 0.904. The summed E-state index contributed by atoms with van der Waals surface area (Å²) in [5.41, 5.74) is 7.45. The number of benzene rings is 1. The second kappa shape index (κ2) is 5.89. The Morgan fingerprint density at radius 1 is 1.04 bits per heavy atom. The smallest absolute Gasteiger partial charge is 0.104 e. The molecule has 4 nitrogen and oxygen atoms in total. The van der Waals surface area contributed by atoms with Crippen LogP contribution in [0.1, 0.15) is 18.3 Å². The van der Waals surface area contributed by atoms with Crippen LogP contribution in [-0.4, -0.2) is 19.9 Å². The summed E-state index contributed by atoms with van der Waals surface area (Å²) in [4.78, 5) is 16.8. The van der Waals surface area contributed by atoms with Crippen molar-refractivity contribution in [2.24, 2.45) is 0 Å². The van der Waals surface area contributed by atoms with Gasteiger partial charge in [0.2, 0.25) is 0 Å². The molecule has 0 spiro atoms. The van der Waals surface area contributed by atoms with Crippen LogP contribution in [0.3, 0.4) is 0 Å². The normalized spacial score (nSPS) is 11.1. The molecule has 118 valence electrons. The van der Waals surface area contributed by atoms with Crippen molar-refractivity contribution in [1.29, 1.82) is 0 Å². The molecule has 1 N–H and O–H groups in total. The van der Waals surface area contributed by atoms with Gasteiger partial charge in [0, 0.05) is 29.7 Å². The Labute approximate surface area is 140 Å². The number of nitrogens with one attached hydrogen (secondary N) is 1. The van der Waals surface area contributed by atoms with E-state index in [2.05, 4.69) is 57.2 Å². The predicted molar refractivity (Wildman–Crippen MR) is 96.7 cm³/mol. The van der Waals surface area contributed by atoms with E-state index in [1.54, 1.807) is 6.20 Å². The van der Waals surface area contributed by atoms with Gasteiger partial charge in [-0.05, 0) is 54.8 Å². The second-order valence-electron chi connectivity index (χ2n) is 5.89. The van der Waals surface area contributed by atoms with Crippen LogP contribution in [0.25, 0.3) is 33.4 Å². The molecule has 0 unspecified atom stereocenters. The fourth-order valence-corrected chi connectivity index (χ4v) is 2.98. The third-order valence-electron chi connectivity index (χ3n) is 4.21. The van der Waals surface area contributed by atoms with E-state index in [0.29, 0.717) is 0 Å². The van der Waals surface area contributed by atoms with Crippen molar-refractivity contribution in [2.75, 3.05) is 0 Å². The quantitative estimate of drug-likeness (QED) is 0.603. The van der Waals surface area contributed by atoms with Gasteiger partial charge in [-0.25, -0.2) is 4.98 Å². The lowest BCUT2D eigenvalue weighted by Gasteiger charge is -2.08. The molecule has 0 saturated heterocycles. The summed E-state index contributed by atoms with van der Waals surface area (Å²) in [6, 6.07) is 12.5. The predicted octanol–water partition coefficient (Wildman–Crippen LogP) is 4.56. The molecular formula is C20H18N4. The fraction of sp³-hybridized carbons (Fsp3) is 0.150. The van der Waals surface area contributed by atoms with Crippen LogP contribution < -0.4 is 0 Å². The summed E-state index contributed by atoms with van der Waals surface area (Å²) < 4.78 is 0. The molecule has 24 heavy (non-hydrogen) atoms. The Hall–Kier alpha value is -3.01. The van der Waals surface area contributed by atoms with Gasteiger partial charge in [0.25, 0.3) is 0 Å². The molecule has 0 saturated carbocycles. The molecule has 4 heteroatoms. The van der Waals surface area contributed by atoms with E-state index in [1.165, 1.54) is 5.56 Å². The molecule has 0 bridgehead atoms. The van der Waals surface area contributed by atoms with Crippen LogP contribution in [0.5, 0.6) is 0 Å². The minimum atomic E-state index is 0.904. The number of H-pyrrole nitrogens is 1. The maximum atomic E-state index is 4.67. The van der Waals surface area contributed by atoms with Crippen LogP contribution >= 0.6 is 0 Å². The lowest BCUT2D eigenvalue weighted by Crippen LogP contribution is -1.90. The Kier molecular flexibility index (Phi) is 3.58. The number of hydrogen-bond acceptors (Lipinski definition) is 3. The largest absolute Gasteiger partial charge is 0.342 e. The summed E-state index contributed by atoms with van der Waals surface area (Å²) in [5.74, 6) is 0.904. The summed E-state index contributed by atoms with van der Waals surface area (Å²) in [7, 11) is 0. The van der Waals surface area contributed by atoms with Crippen molar-refractivity contribution in [1.82, 2.24) is 19.9 Å². The Bertz CT molecular complexity index is 1000. The highest BCUT2D eigenvalue weighted by Crippen LogP contribution is 2.32. The Balaban J connectivity index is 1.99. The highest BCUT2D eigenvalue weighted by Gasteiger charge is 2.12.